The average molecular weight is 431 g/mol. The lowest BCUT2D eigenvalue weighted by atomic mass is 10.2. The first-order valence-electron chi connectivity index (χ1n) is 8.72. The summed E-state index contributed by atoms with van der Waals surface area (Å²) in [4.78, 5) is 38.7. The highest BCUT2D eigenvalue weighted by molar-refractivity contribution is 8.15. The van der Waals surface area contributed by atoms with Crippen LogP contribution in [0, 0.1) is 5.92 Å². The molecule has 0 radical (unpaired) electrons. The van der Waals surface area contributed by atoms with Gasteiger partial charge < -0.3 is 15.3 Å². The molecule has 1 aliphatic carbocycles. The Balaban J connectivity index is 0.000000370. The number of alkyl halides is 3. The van der Waals surface area contributed by atoms with Gasteiger partial charge in [0.25, 0.3) is 5.91 Å². The van der Waals surface area contributed by atoms with E-state index in [0.717, 1.165) is 18.2 Å². The molecule has 1 aromatic carbocycles. The van der Waals surface area contributed by atoms with Gasteiger partial charge in [-0.25, -0.2) is 4.79 Å². The van der Waals surface area contributed by atoms with Crippen LogP contribution in [0.3, 0.4) is 0 Å². The van der Waals surface area contributed by atoms with E-state index < -0.39 is 17.4 Å². The number of amides is 2. The SMILES string of the molecule is CN(C(=O)CC1SC(NCC2CC2)=NC1=O)c1ccccc1.O=C(O)C(F)(F)F. The van der Waals surface area contributed by atoms with Crippen LogP contribution in [0.25, 0.3) is 0 Å². The summed E-state index contributed by atoms with van der Waals surface area (Å²) >= 11 is 1.37. The number of halogens is 3. The molecule has 2 N–H and O–H groups in total. The van der Waals surface area contributed by atoms with E-state index in [9.17, 15) is 22.8 Å². The Bertz CT molecular complexity index is 782. The van der Waals surface area contributed by atoms with Gasteiger partial charge in [0.2, 0.25) is 5.91 Å². The number of benzene rings is 1. The second-order valence-electron chi connectivity index (χ2n) is 6.48. The molecule has 1 aromatic rings. The second kappa shape index (κ2) is 9.77. The third-order valence-electron chi connectivity index (χ3n) is 4.10. The topological polar surface area (TPSA) is 99.1 Å². The van der Waals surface area contributed by atoms with E-state index in [1.165, 1.54) is 24.6 Å². The highest BCUT2D eigenvalue weighted by atomic mass is 32.2. The van der Waals surface area contributed by atoms with E-state index in [1.807, 2.05) is 30.3 Å². The number of para-hydroxylation sites is 1. The van der Waals surface area contributed by atoms with Gasteiger partial charge in [-0.1, -0.05) is 30.0 Å². The van der Waals surface area contributed by atoms with Crippen LogP contribution in [0.4, 0.5) is 18.9 Å². The Kier molecular flexibility index (Phi) is 7.66. The minimum absolute atomic E-state index is 0.0734. The fourth-order valence-corrected chi connectivity index (χ4v) is 3.20. The van der Waals surface area contributed by atoms with Crippen LogP contribution in [-0.2, 0) is 14.4 Å². The van der Waals surface area contributed by atoms with Crippen LogP contribution in [-0.4, -0.2) is 53.1 Å². The minimum atomic E-state index is -5.08. The molecule has 1 unspecified atom stereocenters. The average Bonchev–Trinajstić information content (AvgIpc) is 3.43. The first kappa shape index (κ1) is 22.7. The maximum atomic E-state index is 12.3. The van der Waals surface area contributed by atoms with Crippen LogP contribution in [0.2, 0.25) is 0 Å². The van der Waals surface area contributed by atoms with Gasteiger partial charge in [0.15, 0.2) is 5.17 Å². The van der Waals surface area contributed by atoms with E-state index in [-0.39, 0.29) is 18.2 Å². The number of nitrogens with zero attached hydrogens (tertiary/aromatic N) is 2. The molecule has 1 atom stereocenters. The fraction of sp³-hybridized carbons (Fsp3) is 0.444. The number of hydrogen-bond donors (Lipinski definition) is 2. The second-order valence-corrected chi connectivity index (χ2v) is 7.67. The monoisotopic (exact) mass is 431 g/mol. The number of amidine groups is 1. The van der Waals surface area contributed by atoms with Gasteiger partial charge >= 0.3 is 12.1 Å². The van der Waals surface area contributed by atoms with Gasteiger partial charge in [-0.15, -0.1) is 0 Å². The summed E-state index contributed by atoms with van der Waals surface area (Å²) in [7, 11) is 1.73. The standard InChI is InChI=1S/C16H19N3O2S.C2HF3O2/c1-19(12-5-3-2-4-6-12)14(20)9-13-15(21)18-16(22-13)17-10-11-7-8-11;3-2(4,5)1(6)7/h2-6,11,13H,7-10H2,1H3,(H,17,18,21);(H,6,7). The number of anilines is 1. The van der Waals surface area contributed by atoms with Gasteiger partial charge in [-0.3, -0.25) is 9.59 Å². The van der Waals surface area contributed by atoms with Crippen molar-refractivity contribution in [1.82, 2.24) is 5.32 Å². The van der Waals surface area contributed by atoms with Crippen molar-refractivity contribution in [2.24, 2.45) is 10.9 Å². The number of hydrogen-bond acceptors (Lipinski definition) is 5. The van der Waals surface area contributed by atoms with E-state index in [0.29, 0.717) is 5.17 Å². The van der Waals surface area contributed by atoms with Crippen LogP contribution < -0.4 is 10.2 Å². The van der Waals surface area contributed by atoms with E-state index >= 15 is 0 Å². The Morgan fingerprint density at radius 3 is 2.38 bits per heavy atom. The van der Waals surface area contributed by atoms with Gasteiger partial charge in [0.1, 0.15) is 5.25 Å². The van der Waals surface area contributed by atoms with Crippen molar-refractivity contribution >= 4 is 40.4 Å². The van der Waals surface area contributed by atoms with Crippen molar-refractivity contribution < 1.29 is 32.7 Å². The molecule has 1 aliphatic heterocycles. The van der Waals surface area contributed by atoms with Gasteiger partial charge in [-0.05, 0) is 30.9 Å². The Labute approximate surface area is 169 Å². The molecule has 1 saturated carbocycles. The number of carbonyl (C=O) groups is 3. The Morgan fingerprint density at radius 2 is 1.86 bits per heavy atom. The number of carbonyl (C=O) groups excluding carboxylic acids is 2. The fourth-order valence-electron chi connectivity index (χ4n) is 2.24. The summed E-state index contributed by atoms with van der Waals surface area (Å²) in [6.07, 6.45) is -2.40. The minimum Gasteiger partial charge on any atom is -0.475 e. The molecule has 2 aliphatic rings. The summed E-state index contributed by atoms with van der Waals surface area (Å²) in [6, 6.07) is 9.43. The lowest BCUT2D eigenvalue weighted by molar-refractivity contribution is -0.192. The number of thioether (sulfide) groups is 1. The third kappa shape index (κ3) is 7.41. The van der Waals surface area contributed by atoms with Gasteiger partial charge in [0.05, 0.1) is 0 Å². The van der Waals surface area contributed by atoms with E-state index in [2.05, 4.69) is 10.3 Å². The molecule has 1 fully saturated rings. The molecule has 11 heteroatoms. The lowest BCUT2D eigenvalue weighted by Crippen LogP contribution is -2.30. The van der Waals surface area contributed by atoms with Crippen molar-refractivity contribution in [3.8, 4) is 0 Å². The normalized spacial score (nSPS) is 18.4. The Morgan fingerprint density at radius 1 is 1.28 bits per heavy atom. The zero-order chi connectivity index (χ0) is 21.6. The Hall–Kier alpha value is -2.56. The predicted octanol–water partition coefficient (Wildman–Crippen LogP) is 2.67. The van der Waals surface area contributed by atoms with Crippen molar-refractivity contribution in [3.63, 3.8) is 0 Å². The largest absolute Gasteiger partial charge is 0.490 e. The quantitative estimate of drug-likeness (QED) is 0.744. The molecule has 158 valence electrons. The first-order valence-corrected chi connectivity index (χ1v) is 9.60. The van der Waals surface area contributed by atoms with Crippen LogP contribution in [0.15, 0.2) is 35.3 Å². The molecule has 0 saturated heterocycles. The number of aliphatic carboxylic acids is 1. The number of aliphatic imine (C=N–C) groups is 1. The van der Waals surface area contributed by atoms with Crippen molar-refractivity contribution in [2.75, 3.05) is 18.5 Å². The highest BCUT2D eigenvalue weighted by Crippen LogP contribution is 2.29. The summed E-state index contributed by atoms with van der Waals surface area (Å²) in [5.74, 6) is -2.32. The summed E-state index contributed by atoms with van der Waals surface area (Å²) in [5.41, 5.74) is 0.830. The summed E-state index contributed by atoms with van der Waals surface area (Å²) in [5, 5.41) is 10.6. The lowest BCUT2D eigenvalue weighted by Gasteiger charge is -2.18. The summed E-state index contributed by atoms with van der Waals surface area (Å²) in [6.45, 7) is 0.879. The zero-order valence-corrected chi connectivity index (χ0v) is 16.3. The zero-order valence-electron chi connectivity index (χ0n) is 15.5. The highest BCUT2D eigenvalue weighted by Gasteiger charge is 2.38. The van der Waals surface area contributed by atoms with Crippen LogP contribution >= 0.6 is 11.8 Å². The molecule has 7 nitrogen and oxygen atoms in total. The van der Waals surface area contributed by atoms with Crippen molar-refractivity contribution in [1.29, 1.82) is 0 Å². The molecule has 0 aromatic heterocycles. The number of nitrogens with one attached hydrogen (secondary N) is 1. The van der Waals surface area contributed by atoms with Crippen LogP contribution in [0.5, 0.6) is 0 Å². The van der Waals surface area contributed by atoms with Gasteiger partial charge in [0, 0.05) is 25.7 Å². The van der Waals surface area contributed by atoms with E-state index in [1.54, 1.807) is 11.9 Å². The predicted molar refractivity (Wildman–Crippen MR) is 103 cm³/mol. The molecule has 2 amide bonds. The smallest absolute Gasteiger partial charge is 0.475 e. The molecule has 0 bridgehead atoms. The molecule has 3 rings (SSSR count). The van der Waals surface area contributed by atoms with Crippen LogP contribution in [0.1, 0.15) is 19.3 Å². The van der Waals surface area contributed by atoms with Crippen molar-refractivity contribution in [2.45, 2.75) is 30.7 Å². The first-order chi connectivity index (χ1) is 13.6. The number of carboxylic acid groups (broad SMARTS) is 1. The number of rotatable bonds is 5. The third-order valence-corrected chi connectivity index (χ3v) is 5.21. The maximum absolute atomic E-state index is 12.3. The van der Waals surface area contributed by atoms with Gasteiger partial charge in [-0.2, -0.15) is 18.2 Å². The molecule has 1 heterocycles. The summed E-state index contributed by atoms with van der Waals surface area (Å²) < 4.78 is 31.7. The van der Waals surface area contributed by atoms with Crippen molar-refractivity contribution in [3.05, 3.63) is 30.3 Å². The molecular formula is C18H20F3N3O4S. The molecule has 29 heavy (non-hydrogen) atoms. The van der Waals surface area contributed by atoms with E-state index in [4.69, 9.17) is 9.90 Å². The molecular weight excluding hydrogens is 411 g/mol. The number of carboxylic acids is 1. The molecule has 0 spiro atoms. The maximum Gasteiger partial charge on any atom is 0.490 e.